The monoisotopic (exact) mass is 215 g/mol. The fourth-order valence-electron chi connectivity index (χ4n) is 0.0938. The second-order valence-corrected chi connectivity index (χ2v) is 2.22. The van der Waals surface area contributed by atoms with Gasteiger partial charge in [0.05, 0.1) is 0 Å². The predicted octanol–water partition coefficient (Wildman–Crippen LogP) is 1.76. The molecule has 36 valence electrons. The van der Waals surface area contributed by atoms with Crippen molar-refractivity contribution in [3.63, 3.8) is 0 Å². The Bertz CT molecular complexity index is 46.1. The molecule has 1 N–H and O–H groups in total. The Morgan fingerprint density at radius 3 is 2.67 bits per heavy atom. The topological polar surface area (TPSA) is 12.0 Å². The van der Waals surface area contributed by atoms with Crippen molar-refractivity contribution in [1.29, 1.82) is 0 Å². The average Bonchev–Trinajstić information content (AvgIpc) is 1.61. The lowest BCUT2D eigenvalue weighted by Gasteiger charge is -1.80. The van der Waals surface area contributed by atoms with Gasteiger partial charge in [0.15, 0.2) is 0 Å². The molecule has 0 bridgehead atoms. The SMILES string of the molecule is CNS/C=C\I. The number of nitrogens with one attached hydrogen (secondary N) is 1. The van der Waals surface area contributed by atoms with E-state index in [9.17, 15) is 0 Å². The summed E-state index contributed by atoms with van der Waals surface area (Å²) in [4.78, 5) is 0. The van der Waals surface area contributed by atoms with Gasteiger partial charge in [0.1, 0.15) is 0 Å². The van der Waals surface area contributed by atoms with Crippen molar-refractivity contribution in [2.45, 2.75) is 0 Å². The largest absolute Gasteiger partial charge is 0.263 e. The van der Waals surface area contributed by atoms with Gasteiger partial charge in [0, 0.05) is 0 Å². The van der Waals surface area contributed by atoms with Crippen LogP contribution in [-0.2, 0) is 0 Å². The average molecular weight is 215 g/mol. The van der Waals surface area contributed by atoms with E-state index in [4.69, 9.17) is 0 Å². The van der Waals surface area contributed by atoms with Gasteiger partial charge in [0.25, 0.3) is 0 Å². The molecule has 0 unspecified atom stereocenters. The summed E-state index contributed by atoms with van der Waals surface area (Å²) in [6.45, 7) is 0. The van der Waals surface area contributed by atoms with Gasteiger partial charge in [-0.15, -0.1) is 0 Å². The summed E-state index contributed by atoms with van der Waals surface area (Å²) in [7, 11) is 1.89. The van der Waals surface area contributed by atoms with E-state index in [1.807, 2.05) is 16.5 Å². The summed E-state index contributed by atoms with van der Waals surface area (Å²) in [5.74, 6) is 0. The molecule has 1 nitrogen and oxygen atoms in total. The smallest absolute Gasteiger partial charge is 0.00533 e. The maximum absolute atomic E-state index is 2.89. The van der Waals surface area contributed by atoms with Crippen LogP contribution >= 0.6 is 34.5 Å². The highest BCUT2D eigenvalue weighted by atomic mass is 127. The first kappa shape index (κ1) is 6.78. The Morgan fingerprint density at radius 1 is 1.83 bits per heavy atom. The van der Waals surface area contributed by atoms with Gasteiger partial charge in [-0.2, -0.15) is 0 Å². The fraction of sp³-hybridized carbons (Fsp3) is 0.333. The zero-order chi connectivity index (χ0) is 4.83. The van der Waals surface area contributed by atoms with Crippen LogP contribution in [0.1, 0.15) is 0 Å². The highest BCUT2D eigenvalue weighted by molar-refractivity contribution is 14.1. The van der Waals surface area contributed by atoms with E-state index < -0.39 is 0 Å². The maximum atomic E-state index is 2.89. The first-order valence-corrected chi connectivity index (χ1v) is 3.62. The number of hydrogen-bond donors (Lipinski definition) is 1. The van der Waals surface area contributed by atoms with Crippen molar-refractivity contribution in [3.8, 4) is 0 Å². The number of hydrogen-bond acceptors (Lipinski definition) is 2. The summed E-state index contributed by atoms with van der Waals surface area (Å²) < 4.78 is 4.85. The van der Waals surface area contributed by atoms with Gasteiger partial charge >= 0.3 is 0 Å². The summed E-state index contributed by atoms with van der Waals surface area (Å²) in [6, 6.07) is 0. The molecule has 0 heterocycles. The van der Waals surface area contributed by atoms with Gasteiger partial charge in [-0.1, -0.05) is 34.5 Å². The second-order valence-electron chi connectivity index (χ2n) is 0.584. The second kappa shape index (κ2) is 5.78. The highest BCUT2D eigenvalue weighted by Crippen LogP contribution is 1.95. The van der Waals surface area contributed by atoms with Crippen LogP contribution in [0.4, 0.5) is 0 Å². The number of halogens is 1. The third-order valence-corrected chi connectivity index (χ3v) is 1.59. The lowest BCUT2D eigenvalue weighted by atomic mass is 11.3. The summed E-state index contributed by atoms with van der Waals surface area (Å²) >= 11 is 3.74. The molecule has 0 saturated heterocycles. The standard InChI is InChI=1S/C3H6INS/c1-5-6-3-2-4/h2-3,5H,1H3/b3-2-. The molecule has 0 aromatic carbocycles. The summed E-state index contributed by atoms with van der Waals surface area (Å²) in [6.07, 6.45) is 0. The fourth-order valence-corrected chi connectivity index (χ4v) is 0.722. The normalized spacial score (nSPS) is 10.3. The minimum Gasteiger partial charge on any atom is -0.263 e. The Morgan fingerprint density at radius 2 is 2.50 bits per heavy atom. The van der Waals surface area contributed by atoms with Gasteiger partial charge in [-0.25, -0.2) is 0 Å². The molecule has 0 aromatic rings. The van der Waals surface area contributed by atoms with E-state index in [0.717, 1.165) is 0 Å². The van der Waals surface area contributed by atoms with E-state index in [-0.39, 0.29) is 0 Å². The van der Waals surface area contributed by atoms with Gasteiger partial charge in [-0.3, -0.25) is 4.72 Å². The van der Waals surface area contributed by atoms with Gasteiger partial charge < -0.3 is 0 Å². The molecule has 0 amide bonds. The van der Waals surface area contributed by atoms with E-state index in [0.29, 0.717) is 0 Å². The Balaban J connectivity index is 2.66. The van der Waals surface area contributed by atoms with Crippen molar-refractivity contribution >= 4 is 34.5 Å². The molecule has 0 aliphatic heterocycles. The molecule has 0 saturated carbocycles. The zero-order valence-corrected chi connectivity index (χ0v) is 6.41. The Labute approximate surface area is 55.8 Å². The molecule has 3 heteroatoms. The van der Waals surface area contributed by atoms with Crippen LogP contribution in [0.3, 0.4) is 0 Å². The molecule has 0 radical (unpaired) electrons. The molecular formula is C3H6INS. The van der Waals surface area contributed by atoms with E-state index in [1.54, 1.807) is 11.9 Å². The van der Waals surface area contributed by atoms with E-state index in [2.05, 4.69) is 27.3 Å². The van der Waals surface area contributed by atoms with Crippen LogP contribution in [0.25, 0.3) is 0 Å². The highest BCUT2D eigenvalue weighted by Gasteiger charge is 1.62. The van der Waals surface area contributed by atoms with Crippen LogP contribution in [0, 0.1) is 0 Å². The van der Waals surface area contributed by atoms with Crippen molar-refractivity contribution in [2.75, 3.05) is 7.05 Å². The predicted molar refractivity (Wildman–Crippen MR) is 39.8 cm³/mol. The first-order valence-electron chi connectivity index (χ1n) is 1.49. The molecule has 0 rings (SSSR count). The van der Waals surface area contributed by atoms with Gasteiger partial charge in [-0.05, 0) is 16.5 Å². The van der Waals surface area contributed by atoms with Crippen molar-refractivity contribution < 1.29 is 0 Å². The molecule has 0 aromatic heterocycles. The van der Waals surface area contributed by atoms with Crippen LogP contribution in [0.15, 0.2) is 9.49 Å². The molecule has 6 heavy (non-hydrogen) atoms. The maximum Gasteiger partial charge on any atom is -0.00533 e. The van der Waals surface area contributed by atoms with Crippen molar-refractivity contribution in [3.05, 3.63) is 9.49 Å². The molecule has 0 atom stereocenters. The number of rotatable bonds is 2. The van der Waals surface area contributed by atoms with Crippen LogP contribution < -0.4 is 4.72 Å². The minimum absolute atomic E-state index is 1.57. The van der Waals surface area contributed by atoms with Crippen molar-refractivity contribution in [1.82, 2.24) is 4.72 Å². The molecule has 0 aliphatic rings. The zero-order valence-electron chi connectivity index (χ0n) is 3.44. The molecular weight excluding hydrogens is 209 g/mol. The van der Waals surface area contributed by atoms with E-state index in [1.165, 1.54) is 0 Å². The lowest BCUT2D eigenvalue weighted by Crippen LogP contribution is -1.84. The Kier molecular flexibility index (Phi) is 6.53. The van der Waals surface area contributed by atoms with Crippen molar-refractivity contribution in [2.24, 2.45) is 0 Å². The van der Waals surface area contributed by atoms with E-state index >= 15 is 0 Å². The molecule has 0 fully saturated rings. The Hall–Kier alpha value is 0.780. The van der Waals surface area contributed by atoms with Crippen LogP contribution in [0.2, 0.25) is 0 Å². The lowest BCUT2D eigenvalue weighted by molar-refractivity contribution is 1.31. The van der Waals surface area contributed by atoms with Crippen LogP contribution in [-0.4, -0.2) is 7.05 Å². The van der Waals surface area contributed by atoms with Gasteiger partial charge in [0.2, 0.25) is 0 Å². The first-order chi connectivity index (χ1) is 2.91. The van der Waals surface area contributed by atoms with Crippen LogP contribution in [0.5, 0.6) is 0 Å². The third-order valence-electron chi connectivity index (χ3n) is 0.237. The summed E-state index contributed by atoms with van der Waals surface area (Å²) in [5, 5.41) is 1.97. The molecule has 0 spiro atoms. The quantitative estimate of drug-likeness (QED) is 0.556. The molecule has 0 aliphatic carbocycles. The minimum atomic E-state index is 1.57. The third kappa shape index (κ3) is 4.78. The summed E-state index contributed by atoms with van der Waals surface area (Å²) in [5.41, 5.74) is 0.